The summed E-state index contributed by atoms with van der Waals surface area (Å²) in [6.45, 7) is 1.95. The standard InChI is InChI=1S/C29H26ClN5O5S2.ClH/c1-2-39-34-21(20-16-42-29(31)32-20)25(36)33-22-26(37)35-23(19(13-14-30)15-41-27(22)35)28(38)40-24(17-9-5-3-6-10-17)18-11-7-4-8-12-18;/h3-14,16,22,24,27H,2,15H2,1H3,(H2,31,32)(H,33,36);1H/b14-13+,34-21+;. The zero-order valence-electron chi connectivity index (χ0n) is 22.7. The zero-order valence-corrected chi connectivity index (χ0v) is 25.9. The predicted molar refractivity (Wildman–Crippen MR) is 170 cm³/mol. The minimum atomic E-state index is -0.923. The molecule has 0 bridgehead atoms. The van der Waals surface area contributed by atoms with Gasteiger partial charge in [0.25, 0.3) is 11.8 Å². The molecular weight excluding hydrogens is 633 g/mol. The molecule has 3 heterocycles. The third-order valence-electron chi connectivity index (χ3n) is 6.44. The van der Waals surface area contributed by atoms with E-state index in [1.807, 2.05) is 60.7 Å². The van der Waals surface area contributed by atoms with Crippen molar-refractivity contribution in [3.05, 3.63) is 106 Å². The summed E-state index contributed by atoms with van der Waals surface area (Å²) in [6.07, 6.45) is 0.858. The molecule has 14 heteroatoms. The van der Waals surface area contributed by atoms with E-state index in [0.717, 1.165) is 22.5 Å². The average molecular weight is 661 g/mol. The molecule has 2 atom stereocenters. The average Bonchev–Trinajstić information content (AvgIpc) is 3.45. The molecule has 1 saturated heterocycles. The highest BCUT2D eigenvalue weighted by Crippen LogP contribution is 2.42. The molecule has 0 spiro atoms. The van der Waals surface area contributed by atoms with Crippen LogP contribution in [0.5, 0.6) is 0 Å². The number of hydrogen-bond donors (Lipinski definition) is 2. The first-order valence-electron chi connectivity index (χ1n) is 12.9. The molecule has 1 aromatic heterocycles. The minimum absolute atomic E-state index is 0. The van der Waals surface area contributed by atoms with Crippen LogP contribution >= 0.6 is 47.1 Å². The number of nitrogens with one attached hydrogen (secondary N) is 1. The number of hydrogen-bond acceptors (Lipinski definition) is 10. The Morgan fingerprint density at radius 2 is 1.84 bits per heavy atom. The number of benzene rings is 2. The number of allylic oxidation sites excluding steroid dienone is 1. The van der Waals surface area contributed by atoms with E-state index in [-0.39, 0.29) is 41.2 Å². The lowest BCUT2D eigenvalue weighted by Crippen LogP contribution is -2.71. The van der Waals surface area contributed by atoms with Crippen LogP contribution in [0.4, 0.5) is 5.13 Å². The molecule has 5 rings (SSSR count). The van der Waals surface area contributed by atoms with Gasteiger partial charge in [-0.05, 0) is 29.7 Å². The number of nitrogens with zero attached hydrogens (tertiary/aromatic N) is 3. The maximum absolute atomic E-state index is 13.8. The van der Waals surface area contributed by atoms with Gasteiger partial charge in [0, 0.05) is 16.7 Å². The molecule has 224 valence electrons. The van der Waals surface area contributed by atoms with Gasteiger partial charge >= 0.3 is 5.97 Å². The molecule has 2 aliphatic rings. The highest BCUT2D eigenvalue weighted by Gasteiger charge is 2.54. The third kappa shape index (κ3) is 6.88. The van der Waals surface area contributed by atoms with Crippen LogP contribution in [-0.4, -0.2) is 57.2 Å². The number of carbonyl (C=O) groups is 3. The molecule has 2 amide bonds. The number of rotatable bonds is 10. The topological polar surface area (TPSA) is 136 Å². The second-order valence-corrected chi connectivity index (χ2v) is 11.3. The first kappa shape index (κ1) is 32.1. The van der Waals surface area contributed by atoms with E-state index in [1.54, 1.807) is 18.4 Å². The van der Waals surface area contributed by atoms with E-state index in [4.69, 9.17) is 26.9 Å². The van der Waals surface area contributed by atoms with Gasteiger partial charge in [0.2, 0.25) is 0 Å². The Balaban J connectivity index is 0.00000423. The van der Waals surface area contributed by atoms with Crippen molar-refractivity contribution in [2.45, 2.75) is 24.4 Å². The molecule has 2 aromatic carbocycles. The highest BCUT2D eigenvalue weighted by atomic mass is 35.5. The van der Waals surface area contributed by atoms with Gasteiger partial charge in [0.05, 0.1) is 0 Å². The summed E-state index contributed by atoms with van der Waals surface area (Å²) < 4.78 is 6.08. The van der Waals surface area contributed by atoms with Gasteiger partial charge in [-0.3, -0.25) is 14.5 Å². The third-order valence-corrected chi connectivity index (χ3v) is 8.54. The maximum atomic E-state index is 13.8. The summed E-state index contributed by atoms with van der Waals surface area (Å²) in [5.74, 6) is -1.45. The van der Waals surface area contributed by atoms with Crippen LogP contribution in [0.25, 0.3) is 0 Å². The largest absolute Gasteiger partial charge is 0.448 e. The quantitative estimate of drug-likeness (QED) is 0.139. The summed E-state index contributed by atoms with van der Waals surface area (Å²) in [5, 5.41) is 7.89. The number of halogens is 2. The number of thioether (sulfide) groups is 1. The summed E-state index contributed by atoms with van der Waals surface area (Å²) in [6, 6.07) is 17.8. The number of carbonyl (C=O) groups excluding carboxylic acids is 3. The second-order valence-electron chi connectivity index (χ2n) is 9.06. The zero-order chi connectivity index (χ0) is 29.6. The maximum Gasteiger partial charge on any atom is 0.356 e. The first-order chi connectivity index (χ1) is 20.4. The molecule has 43 heavy (non-hydrogen) atoms. The molecular formula is C29H27Cl2N5O5S2. The van der Waals surface area contributed by atoms with Crippen LogP contribution in [0.2, 0.25) is 0 Å². The van der Waals surface area contributed by atoms with Crippen molar-refractivity contribution in [2.75, 3.05) is 18.1 Å². The number of nitrogen functional groups attached to an aromatic ring is 1. The van der Waals surface area contributed by atoms with Crippen molar-refractivity contribution >= 4 is 75.7 Å². The van der Waals surface area contributed by atoms with Crippen LogP contribution < -0.4 is 11.1 Å². The van der Waals surface area contributed by atoms with Crippen molar-refractivity contribution in [2.24, 2.45) is 5.16 Å². The van der Waals surface area contributed by atoms with Gasteiger partial charge in [-0.2, -0.15) is 0 Å². The van der Waals surface area contributed by atoms with E-state index >= 15 is 0 Å². The van der Waals surface area contributed by atoms with Crippen LogP contribution in [-0.2, 0) is 24.0 Å². The number of esters is 1. The van der Waals surface area contributed by atoms with Crippen LogP contribution in [0, 0.1) is 0 Å². The van der Waals surface area contributed by atoms with E-state index < -0.39 is 35.3 Å². The lowest BCUT2D eigenvalue weighted by Gasteiger charge is -2.49. The number of anilines is 1. The van der Waals surface area contributed by atoms with Crippen molar-refractivity contribution in [3.63, 3.8) is 0 Å². The Hall–Kier alpha value is -3.84. The monoisotopic (exact) mass is 659 g/mol. The fourth-order valence-electron chi connectivity index (χ4n) is 4.52. The van der Waals surface area contributed by atoms with Crippen molar-refractivity contribution in [1.82, 2.24) is 15.2 Å². The summed E-state index contributed by atoms with van der Waals surface area (Å²) in [4.78, 5) is 51.1. The highest BCUT2D eigenvalue weighted by molar-refractivity contribution is 8.00. The summed E-state index contributed by atoms with van der Waals surface area (Å²) in [5.41, 5.74) is 9.31. The molecule has 10 nitrogen and oxygen atoms in total. The smallest absolute Gasteiger partial charge is 0.356 e. The Labute approximate surface area is 267 Å². The van der Waals surface area contributed by atoms with E-state index in [0.29, 0.717) is 11.3 Å². The van der Waals surface area contributed by atoms with Crippen molar-refractivity contribution in [1.29, 1.82) is 0 Å². The molecule has 2 aliphatic heterocycles. The molecule has 3 N–H and O–H groups in total. The van der Waals surface area contributed by atoms with E-state index in [1.165, 1.54) is 22.2 Å². The number of nitrogens with two attached hydrogens (primary N) is 1. The van der Waals surface area contributed by atoms with Crippen molar-refractivity contribution < 1.29 is 24.0 Å². The van der Waals surface area contributed by atoms with Gasteiger partial charge < -0.3 is 20.6 Å². The summed E-state index contributed by atoms with van der Waals surface area (Å²) in [7, 11) is 0. The molecule has 1 fully saturated rings. The number of fused-ring (bicyclic) bond motifs is 1. The normalized spacial score (nSPS) is 18.2. The number of β-lactam (4-membered cyclic amide) rings is 1. The van der Waals surface area contributed by atoms with Gasteiger partial charge in [0.1, 0.15) is 29.4 Å². The molecule has 0 aliphatic carbocycles. The van der Waals surface area contributed by atoms with Crippen LogP contribution in [0.3, 0.4) is 0 Å². The fraction of sp³-hybridized carbons (Fsp3) is 0.207. The number of amides is 2. The van der Waals surface area contributed by atoms with Crippen molar-refractivity contribution in [3.8, 4) is 0 Å². The number of thiazole rings is 1. The molecule has 2 unspecified atom stereocenters. The van der Waals surface area contributed by atoms with Gasteiger partial charge in [-0.15, -0.1) is 35.5 Å². The Morgan fingerprint density at radius 3 is 2.40 bits per heavy atom. The summed E-state index contributed by atoms with van der Waals surface area (Å²) >= 11 is 8.43. The molecule has 0 radical (unpaired) electrons. The fourth-order valence-corrected chi connectivity index (χ4v) is 6.54. The number of oxime groups is 1. The molecule has 0 saturated carbocycles. The van der Waals surface area contributed by atoms with Gasteiger partial charge in [-0.25, -0.2) is 9.78 Å². The minimum Gasteiger partial charge on any atom is -0.448 e. The van der Waals surface area contributed by atoms with E-state index in [2.05, 4.69) is 15.5 Å². The number of aromatic nitrogens is 1. The molecule has 3 aromatic rings. The Kier molecular flexibility index (Phi) is 10.9. The lowest BCUT2D eigenvalue weighted by atomic mass is 10.0. The Morgan fingerprint density at radius 1 is 1.19 bits per heavy atom. The van der Waals surface area contributed by atoms with Gasteiger partial charge in [-0.1, -0.05) is 77.4 Å². The predicted octanol–water partition coefficient (Wildman–Crippen LogP) is 4.63. The second kappa shape index (κ2) is 14.6. The first-order valence-corrected chi connectivity index (χ1v) is 15.3. The SMILES string of the molecule is CCO/N=C(/C(=O)NC1C(=O)N2C(C(=O)OC(c3ccccc3)c3ccccc3)=C(/C=C/Cl)CSC12)c1csc(N)n1.Cl. The van der Waals surface area contributed by atoms with Gasteiger partial charge in [0.15, 0.2) is 16.9 Å². The van der Waals surface area contributed by atoms with Crippen LogP contribution in [0.15, 0.2) is 94.1 Å². The Bertz CT molecular complexity index is 1530. The van der Waals surface area contributed by atoms with Crippen LogP contribution in [0.1, 0.15) is 29.8 Å². The number of ether oxygens (including phenoxy) is 1. The van der Waals surface area contributed by atoms with E-state index in [9.17, 15) is 14.4 Å². The lowest BCUT2D eigenvalue weighted by molar-refractivity contribution is -0.154.